The van der Waals surface area contributed by atoms with Crippen molar-refractivity contribution in [2.45, 2.75) is 31.0 Å². The Bertz CT molecular complexity index is 377. The molecule has 0 radical (unpaired) electrons. The lowest BCUT2D eigenvalue weighted by atomic mass is 9.81. The molecule has 1 heterocycles. The number of hydrogen-bond acceptors (Lipinski definition) is 2. The third-order valence-electron chi connectivity index (χ3n) is 2.76. The van der Waals surface area contributed by atoms with Gasteiger partial charge in [-0.05, 0) is 25.3 Å². The summed E-state index contributed by atoms with van der Waals surface area (Å²) in [4.78, 5) is 3.87. The molecule has 0 saturated heterocycles. The summed E-state index contributed by atoms with van der Waals surface area (Å²) < 4.78 is 38.2. The minimum absolute atomic E-state index is 0.0937. The van der Waals surface area contributed by atoms with E-state index in [1.165, 1.54) is 18.3 Å². The highest BCUT2D eigenvalue weighted by atomic mass is 19.4. The normalized spacial score (nSPS) is 26.1. The van der Waals surface area contributed by atoms with E-state index in [0.717, 1.165) is 0 Å². The topological polar surface area (TPSA) is 33.1 Å². The molecule has 1 aromatic heterocycles. The highest BCUT2D eigenvalue weighted by molar-refractivity contribution is 5.30. The number of aliphatic hydroxyl groups is 1. The second-order valence-corrected chi connectivity index (χ2v) is 3.71. The first-order valence-electron chi connectivity index (χ1n) is 4.68. The number of aryl methyl sites for hydroxylation is 1. The number of aromatic nitrogens is 1. The van der Waals surface area contributed by atoms with Crippen LogP contribution in [-0.4, -0.2) is 16.3 Å². The molecule has 1 N–H and O–H groups in total. The first-order valence-corrected chi connectivity index (χ1v) is 4.68. The van der Waals surface area contributed by atoms with Gasteiger partial charge in [-0.2, -0.15) is 13.2 Å². The van der Waals surface area contributed by atoms with Crippen LogP contribution in [0.15, 0.2) is 18.3 Å². The van der Waals surface area contributed by atoms with Gasteiger partial charge in [-0.25, -0.2) is 0 Å². The van der Waals surface area contributed by atoms with Crippen LogP contribution in [0.1, 0.15) is 24.1 Å². The smallest absolute Gasteiger partial charge is 0.376 e. The largest absolute Gasteiger partial charge is 0.421 e. The Kier molecular flexibility index (Phi) is 2.22. The summed E-state index contributed by atoms with van der Waals surface area (Å²) in [5.74, 6) is 0. The quantitative estimate of drug-likeness (QED) is 0.722. The summed E-state index contributed by atoms with van der Waals surface area (Å²) in [6.07, 6.45) is -2.67. The van der Waals surface area contributed by atoms with Crippen molar-refractivity contribution in [3.05, 3.63) is 29.6 Å². The molecule has 2 rings (SSSR count). The zero-order valence-electron chi connectivity index (χ0n) is 7.88. The standard InChI is InChI=1S/C10H10F3NO/c11-10(12,13)9(15)5-1-4-8-7(9)3-2-6-14-8/h2-3,6,15H,1,4-5H2. The first-order chi connectivity index (χ1) is 6.95. The molecule has 0 saturated carbocycles. The zero-order chi connectivity index (χ0) is 11.1. The zero-order valence-corrected chi connectivity index (χ0v) is 7.88. The van der Waals surface area contributed by atoms with Crippen molar-refractivity contribution in [1.29, 1.82) is 0 Å². The van der Waals surface area contributed by atoms with Crippen LogP contribution in [0.5, 0.6) is 0 Å². The van der Waals surface area contributed by atoms with Crippen LogP contribution in [0.25, 0.3) is 0 Å². The number of pyridine rings is 1. The fourth-order valence-electron chi connectivity index (χ4n) is 1.95. The Morgan fingerprint density at radius 2 is 2.13 bits per heavy atom. The lowest BCUT2D eigenvalue weighted by Crippen LogP contribution is -2.45. The Morgan fingerprint density at radius 1 is 1.40 bits per heavy atom. The van der Waals surface area contributed by atoms with Crippen LogP contribution in [-0.2, 0) is 12.0 Å². The third-order valence-corrected chi connectivity index (χ3v) is 2.76. The van der Waals surface area contributed by atoms with Crippen molar-refractivity contribution in [2.24, 2.45) is 0 Å². The molecule has 1 unspecified atom stereocenters. The maximum Gasteiger partial charge on any atom is 0.421 e. The summed E-state index contributed by atoms with van der Waals surface area (Å²) in [6.45, 7) is 0. The molecule has 2 nitrogen and oxygen atoms in total. The second kappa shape index (κ2) is 3.20. The Hall–Kier alpha value is -1.10. The van der Waals surface area contributed by atoms with E-state index in [9.17, 15) is 18.3 Å². The van der Waals surface area contributed by atoms with Gasteiger partial charge in [0.15, 0.2) is 5.60 Å². The fourth-order valence-corrected chi connectivity index (χ4v) is 1.95. The minimum Gasteiger partial charge on any atom is -0.376 e. The number of fused-ring (bicyclic) bond motifs is 1. The summed E-state index contributed by atoms with van der Waals surface area (Å²) in [5, 5.41) is 9.69. The summed E-state index contributed by atoms with van der Waals surface area (Å²) in [6, 6.07) is 2.72. The van der Waals surface area contributed by atoms with Crippen LogP contribution in [0.2, 0.25) is 0 Å². The van der Waals surface area contributed by atoms with E-state index < -0.39 is 11.8 Å². The molecule has 1 aliphatic carbocycles. The third kappa shape index (κ3) is 1.51. The van der Waals surface area contributed by atoms with Crippen LogP contribution in [0.4, 0.5) is 13.2 Å². The number of nitrogens with zero attached hydrogens (tertiary/aromatic N) is 1. The molecule has 1 aromatic rings. The molecule has 0 aromatic carbocycles. The first kappa shape index (κ1) is 10.4. The van der Waals surface area contributed by atoms with E-state index in [2.05, 4.69) is 4.98 Å². The van der Waals surface area contributed by atoms with Crippen molar-refractivity contribution >= 4 is 0 Å². The number of hydrogen-bond donors (Lipinski definition) is 1. The number of halogens is 3. The molecule has 0 aliphatic heterocycles. The molecule has 15 heavy (non-hydrogen) atoms. The van der Waals surface area contributed by atoms with Crippen LogP contribution < -0.4 is 0 Å². The van der Waals surface area contributed by atoms with Gasteiger partial charge in [-0.3, -0.25) is 4.98 Å². The van der Waals surface area contributed by atoms with Gasteiger partial charge in [-0.1, -0.05) is 6.07 Å². The van der Waals surface area contributed by atoms with Crippen LogP contribution in [0.3, 0.4) is 0 Å². The van der Waals surface area contributed by atoms with Gasteiger partial charge in [-0.15, -0.1) is 0 Å². The molecule has 5 heteroatoms. The summed E-state index contributed by atoms with van der Waals surface area (Å²) in [5.41, 5.74) is -2.46. The minimum atomic E-state index is -4.63. The molecular formula is C10H10F3NO. The van der Waals surface area contributed by atoms with Gasteiger partial charge in [0, 0.05) is 17.5 Å². The van der Waals surface area contributed by atoms with Gasteiger partial charge in [0.25, 0.3) is 0 Å². The fraction of sp³-hybridized carbons (Fsp3) is 0.500. The van der Waals surface area contributed by atoms with E-state index >= 15 is 0 Å². The predicted molar refractivity (Wildman–Crippen MR) is 47.1 cm³/mol. The van der Waals surface area contributed by atoms with Crippen LogP contribution in [0, 0.1) is 0 Å². The van der Waals surface area contributed by atoms with Crippen LogP contribution >= 0.6 is 0 Å². The van der Waals surface area contributed by atoms with Crippen molar-refractivity contribution in [3.8, 4) is 0 Å². The van der Waals surface area contributed by atoms with E-state index in [4.69, 9.17) is 0 Å². The van der Waals surface area contributed by atoms with Gasteiger partial charge in [0.2, 0.25) is 0 Å². The Balaban J connectivity index is 2.55. The van der Waals surface area contributed by atoms with E-state index in [-0.39, 0.29) is 12.0 Å². The van der Waals surface area contributed by atoms with Gasteiger partial charge < -0.3 is 5.11 Å². The van der Waals surface area contributed by atoms with Gasteiger partial charge in [0.05, 0.1) is 0 Å². The Labute approximate surface area is 84.8 Å². The van der Waals surface area contributed by atoms with Gasteiger partial charge in [0.1, 0.15) is 0 Å². The van der Waals surface area contributed by atoms with Crippen molar-refractivity contribution < 1.29 is 18.3 Å². The Morgan fingerprint density at radius 3 is 2.80 bits per heavy atom. The maximum atomic E-state index is 12.7. The van der Waals surface area contributed by atoms with Crippen molar-refractivity contribution in [2.75, 3.05) is 0 Å². The SMILES string of the molecule is OC1(C(F)(F)F)CCCc2ncccc21. The number of rotatable bonds is 0. The van der Waals surface area contributed by atoms with E-state index in [0.29, 0.717) is 18.5 Å². The maximum absolute atomic E-state index is 12.7. The highest BCUT2D eigenvalue weighted by Crippen LogP contribution is 2.45. The predicted octanol–water partition coefficient (Wildman–Crippen LogP) is 2.17. The summed E-state index contributed by atoms with van der Waals surface area (Å²) in [7, 11) is 0. The summed E-state index contributed by atoms with van der Waals surface area (Å²) >= 11 is 0. The lowest BCUT2D eigenvalue weighted by molar-refractivity contribution is -0.271. The van der Waals surface area contributed by atoms with Crippen molar-refractivity contribution in [3.63, 3.8) is 0 Å². The van der Waals surface area contributed by atoms with Gasteiger partial charge >= 0.3 is 6.18 Å². The van der Waals surface area contributed by atoms with E-state index in [1.54, 1.807) is 0 Å². The molecule has 0 amide bonds. The lowest BCUT2D eigenvalue weighted by Gasteiger charge is -2.35. The average Bonchev–Trinajstić information content (AvgIpc) is 2.17. The van der Waals surface area contributed by atoms with E-state index in [1.807, 2.05) is 0 Å². The molecule has 1 atom stereocenters. The molecule has 0 spiro atoms. The average molecular weight is 217 g/mol. The molecule has 0 fully saturated rings. The molecule has 0 bridgehead atoms. The molecular weight excluding hydrogens is 207 g/mol. The highest BCUT2D eigenvalue weighted by Gasteiger charge is 2.56. The number of alkyl halides is 3. The second-order valence-electron chi connectivity index (χ2n) is 3.71. The molecule has 82 valence electrons. The monoisotopic (exact) mass is 217 g/mol. The van der Waals surface area contributed by atoms with Crippen molar-refractivity contribution in [1.82, 2.24) is 4.98 Å². The molecule has 1 aliphatic rings.